The number of alkyl halides is 3. The summed E-state index contributed by atoms with van der Waals surface area (Å²) in [4.78, 5) is 0. The van der Waals surface area contributed by atoms with Gasteiger partial charge in [-0.05, 0) is 13.8 Å². The molecule has 0 fully saturated rings. The molecule has 0 aliphatic carbocycles. The van der Waals surface area contributed by atoms with Crippen LogP contribution in [0.2, 0.25) is 0 Å². The summed E-state index contributed by atoms with van der Waals surface area (Å²) in [6, 6.07) is 0. The smallest absolute Gasteiger partial charge is 0.166 e. The van der Waals surface area contributed by atoms with Gasteiger partial charge in [0.05, 0.1) is 5.57 Å². The highest BCUT2D eigenvalue weighted by Crippen LogP contribution is 2.26. The lowest BCUT2D eigenvalue weighted by Gasteiger charge is -2.05. The van der Waals surface area contributed by atoms with E-state index in [2.05, 4.69) is 6.58 Å². The van der Waals surface area contributed by atoms with Crippen LogP contribution in [0.25, 0.3) is 0 Å². The molecule has 0 radical (unpaired) electrons. The minimum absolute atomic E-state index is 0.719. The van der Waals surface area contributed by atoms with Gasteiger partial charge in [-0.25, -0.2) is 0 Å². The molecule has 0 atom stereocenters. The number of hydrogen-bond acceptors (Lipinski definition) is 0. The fourth-order valence-electron chi connectivity index (χ4n) is 0.535. The van der Waals surface area contributed by atoms with Gasteiger partial charge in [-0.15, -0.1) is 0 Å². The minimum Gasteiger partial charge on any atom is -0.166 e. The van der Waals surface area contributed by atoms with Gasteiger partial charge in [0.1, 0.15) is 0 Å². The molecule has 0 amide bonds. The lowest BCUT2D eigenvalue weighted by Crippen LogP contribution is -2.09. The van der Waals surface area contributed by atoms with Crippen LogP contribution < -0.4 is 0 Å². The van der Waals surface area contributed by atoms with E-state index in [1.165, 1.54) is 6.08 Å². The van der Waals surface area contributed by atoms with Gasteiger partial charge in [-0.2, -0.15) is 13.2 Å². The Morgan fingerprint density at radius 3 is 1.92 bits per heavy atom. The lowest BCUT2D eigenvalue weighted by atomic mass is 10.2. The first-order valence-corrected chi connectivity index (χ1v) is 3.42. The maximum Gasteiger partial charge on any atom is 0.416 e. The Balaban J connectivity index is 4.68. The average molecular weight is 176 g/mol. The van der Waals surface area contributed by atoms with Gasteiger partial charge >= 0.3 is 6.18 Å². The van der Waals surface area contributed by atoms with Crippen LogP contribution in [-0.4, -0.2) is 6.18 Å². The molecule has 0 heterocycles. The molecule has 0 aromatic rings. The summed E-state index contributed by atoms with van der Waals surface area (Å²) in [6.07, 6.45) is -1.07. The van der Waals surface area contributed by atoms with Crippen molar-refractivity contribution in [1.29, 1.82) is 0 Å². The summed E-state index contributed by atoms with van der Waals surface area (Å²) in [5, 5.41) is 0. The Labute approximate surface area is 70.1 Å². The number of halogens is 3. The molecule has 0 aliphatic heterocycles. The molecule has 68 valence electrons. The second-order valence-electron chi connectivity index (χ2n) is 2.57. The van der Waals surface area contributed by atoms with Crippen LogP contribution in [0.5, 0.6) is 0 Å². The van der Waals surface area contributed by atoms with Crippen LogP contribution in [0.4, 0.5) is 13.2 Å². The van der Waals surface area contributed by atoms with Gasteiger partial charge in [0.2, 0.25) is 0 Å². The fourth-order valence-corrected chi connectivity index (χ4v) is 0.535. The van der Waals surface area contributed by atoms with Crippen LogP contribution in [0, 0.1) is 0 Å². The van der Waals surface area contributed by atoms with E-state index >= 15 is 0 Å². The van der Waals surface area contributed by atoms with Gasteiger partial charge in [0, 0.05) is 0 Å². The molecule has 0 saturated carbocycles. The standard InChI is InChI=1S/C9H11F3/c1-4-8(9(10,11)12)6-5-7(2)3/h4-6H,1H2,2-3H3. The highest BCUT2D eigenvalue weighted by Gasteiger charge is 2.30. The van der Waals surface area contributed by atoms with Gasteiger partial charge in [0.15, 0.2) is 0 Å². The number of rotatable bonds is 2. The van der Waals surface area contributed by atoms with Gasteiger partial charge in [-0.3, -0.25) is 0 Å². The van der Waals surface area contributed by atoms with E-state index in [9.17, 15) is 13.2 Å². The van der Waals surface area contributed by atoms with E-state index in [-0.39, 0.29) is 0 Å². The third-order valence-corrected chi connectivity index (χ3v) is 1.14. The molecule has 0 nitrogen and oxygen atoms in total. The summed E-state index contributed by atoms with van der Waals surface area (Å²) in [6.45, 7) is 6.55. The molecule has 0 unspecified atom stereocenters. The Bertz CT molecular complexity index is 214. The van der Waals surface area contributed by atoms with Crippen molar-refractivity contribution in [3.05, 3.63) is 36.0 Å². The van der Waals surface area contributed by atoms with Crippen LogP contribution in [-0.2, 0) is 0 Å². The van der Waals surface area contributed by atoms with Gasteiger partial charge in [0.25, 0.3) is 0 Å². The van der Waals surface area contributed by atoms with Crippen molar-refractivity contribution in [2.24, 2.45) is 0 Å². The van der Waals surface area contributed by atoms with Crippen molar-refractivity contribution in [3.8, 4) is 0 Å². The second-order valence-corrected chi connectivity index (χ2v) is 2.57. The summed E-state index contributed by atoms with van der Waals surface area (Å²) < 4.78 is 36.0. The van der Waals surface area contributed by atoms with E-state index in [0.717, 1.165) is 17.7 Å². The average Bonchev–Trinajstić information content (AvgIpc) is 1.85. The molecule has 0 rings (SSSR count). The second kappa shape index (κ2) is 4.14. The van der Waals surface area contributed by atoms with Gasteiger partial charge in [-0.1, -0.05) is 30.4 Å². The zero-order valence-corrected chi connectivity index (χ0v) is 7.07. The molecule has 0 saturated heterocycles. The Hall–Kier alpha value is -0.990. The fraction of sp³-hybridized carbons (Fsp3) is 0.333. The zero-order valence-electron chi connectivity index (χ0n) is 7.07. The molecule has 0 N–H and O–H groups in total. The largest absolute Gasteiger partial charge is 0.416 e. The highest BCUT2D eigenvalue weighted by molar-refractivity contribution is 5.27. The molecule has 3 heteroatoms. The molecule has 12 heavy (non-hydrogen) atoms. The van der Waals surface area contributed by atoms with Crippen molar-refractivity contribution in [2.45, 2.75) is 20.0 Å². The zero-order chi connectivity index (χ0) is 9.78. The minimum atomic E-state index is -4.30. The van der Waals surface area contributed by atoms with Crippen LogP contribution in [0.3, 0.4) is 0 Å². The predicted molar refractivity (Wildman–Crippen MR) is 43.8 cm³/mol. The highest BCUT2D eigenvalue weighted by atomic mass is 19.4. The maximum atomic E-state index is 12.0. The summed E-state index contributed by atoms with van der Waals surface area (Å²) in [7, 11) is 0. The molecule has 0 aromatic carbocycles. The monoisotopic (exact) mass is 176 g/mol. The Morgan fingerprint density at radius 2 is 1.67 bits per heavy atom. The van der Waals surface area contributed by atoms with Crippen molar-refractivity contribution >= 4 is 0 Å². The van der Waals surface area contributed by atoms with Crippen LogP contribution >= 0.6 is 0 Å². The third kappa shape index (κ3) is 4.01. The first-order chi connectivity index (χ1) is 5.38. The van der Waals surface area contributed by atoms with Crippen LogP contribution in [0.1, 0.15) is 13.8 Å². The van der Waals surface area contributed by atoms with E-state index < -0.39 is 11.7 Å². The van der Waals surface area contributed by atoms with Crippen molar-refractivity contribution in [3.63, 3.8) is 0 Å². The summed E-state index contributed by atoms with van der Waals surface area (Å²) in [5.74, 6) is 0. The van der Waals surface area contributed by atoms with E-state index in [1.807, 2.05) is 0 Å². The van der Waals surface area contributed by atoms with Crippen LogP contribution in [0.15, 0.2) is 36.0 Å². The molecule has 0 aromatic heterocycles. The van der Waals surface area contributed by atoms with Crippen molar-refractivity contribution in [2.75, 3.05) is 0 Å². The summed E-state index contributed by atoms with van der Waals surface area (Å²) in [5.41, 5.74) is 0.0994. The van der Waals surface area contributed by atoms with E-state index in [4.69, 9.17) is 0 Å². The number of hydrogen-bond donors (Lipinski definition) is 0. The summed E-state index contributed by atoms with van der Waals surface area (Å²) >= 11 is 0. The SMILES string of the molecule is C=CC(=CC=C(C)C)C(F)(F)F. The first kappa shape index (κ1) is 11.0. The molecular weight excluding hydrogens is 165 g/mol. The Morgan fingerprint density at radius 1 is 1.17 bits per heavy atom. The number of allylic oxidation sites excluding steroid dienone is 5. The molecule has 0 aliphatic rings. The normalized spacial score (nSPS) is 12.6. The topological polar surface area (TPSA) is 0 Å². The Kier molecular flexibility index (Phi) is 3.80. The van der Waals surface area contributed by atoms with Crippen molar-refractivity contribution in [1.82, 2.24) is 0 Å². The molecule has 0 bridgehead atoms. The molecule has 0 spiro atoms. The first-order valence-electron chi connectivity index (χ1n) is 3.42. The van der Waals surface area contributed by atoms with Gasteiger partial charge < -0.3 is 0 Å². The molecular formula is C9H11F3. The van der Waals surface area contributed by atoms with E-state index in [0.29, 0.717) is 0 Å². The van der Waals surface area contributed by atoms with E-state index in [1.54, 1.807) is 13.8 Å². The predicted octanol–water partition coefficient (Wildman–Crippen LogP) is 3.63. The maximum absolute atomic E-state index is 12.0. The third-order valence-electron chi connectivity index (χ3n) is 1.14. The van der Waals surface area contributed by atoms with Crippen molar-refractivity contribution < 1.29 is 13.2 Å². The lowest BCUT2D eigenvalue weighted by molar-refractivity contribution is -0.0881. The quantitative estimate of drug-likeness (QED) is 0.563.